The predicted octanol–water partition coefficient (Wildman–Crippen LogP) is 1.48. The molecule has 1 rings (SSSR count). The van der Waals surface area contributed by atoms with E-state index in [9.17, 15) is 13.6 Å². The summed E-state index contributed by atoms with van der Waals surface area (Å²) in [6.45, 7) is -0.0304. The highest BCUT2D eigenvalue weighted by Crippen LogP contribution is 2.17. The fourth-order valence-corrected chi connectivity index (χ4v) is 1.33. The number of amides is 1. The number of nitrogens with two attached hydrogens (primary N) is 1. The van der Waals surface area contributed by atoms with E-state index in [0.717, 1.165) is 18.2 Å². The predicted molar refractivity (Wildman–Crippen MR) is 70.9 cm³/mol. The van der Waals surface area contributed by atoms with Crippen LogP contribution in [0.15, 0.2) is 18.2 Å². The van der Waals surface area contributed by atoms with Crippen LogP contribution in [-0.2, 0) is 4.79 Å². The Morgan fingerprint density at radius 1 is 1.47 bits per heavy atom. The number of nitrogens with zero attached hydrogens (tertiary/aromatic N) is 1. The molecular formula is C12H14F2N2O2S. The number of likely N-dealkylation sites (N-methyl/N-ethyl adjacent to an activating group) is 1. The number of ether oxygens (including phenoxy) is 1. The maximum absolute atomic E-state index is 13.2. The molecule has 19 heavy (non-hydrogen) atoms. The van der Waals surface area contributed by atoms with E-state index in [1.807, 2.05) is 0 Å². The van der Waals surface area contributed by atoms with Crippen LogP contribution in [0, 0.1) is 11.6 Å². The number of thiocarbonyl (C=S) groups is 1. The Hall–Kier alpha value is -1.76. The van der Waals surface area contributed by atoms with Gasteiger partial charge in [-0.15, -0.1) is 0 Å². The number of rotatable bonds is 6. The zero-order chi connectivity index (χ0) is 14.4. The molecule has 0 aliphatic carbocycles. The van der Waals surface area contributed by atoms with Crippen molar-refractivity contribution >= 4 is 23.1 Å². The Kier molecular flexibility index (Phi) is 5.62. The van der Waals surface area contributed by atoms with Crippen molar-refractivity contribution in [3.8, 4) is 5.75 Å². The Bertz CT molecular complexity index is 483. The summed E-state index contributed by atoms with van der Waals surface area (Å²) < 4.78 is 31.0. The van der Waals surface area contributed by atoms with Crippen molar-refractivity contribution in [3.63, 3.8) is 0 Å². The molecule has 2 N–H and O–H groups in total. The van der Waals surface area contributed by atoms with E-state index in [4.69, 9.17) is 22.7 Å². The Morgan fingerprint density at radius 3 is 2.79 bits per heavy atom. The minimum atomic E-state index is -0.722. The quantitative estimate of drug-likeness (QED) is 0.806. The first-order valence-electron chi connectivity index (χ1n) is 5.50. The molecule has 0 aliphatic rings. The third-order valence-electron chi connectivity index (χ3n) is 2.36. The summed E-state index contributed by atoms with van der Waals surface area (Å²) in [5.74, 6) is -2.03. The largest absolute Gasteiger partial charge is 0.481 e. The van der Waals surface area contributed by atoms with Gasteiger partial charge in [0.15, 0.2) is 18.2 Å². The first kappa shape index (κ1) is 15.3. The van der Waals surface area contributed by atoms with E-state index in [1.165, 1.54) is 4.90 Å². The zero-order valence-electron chi connectivity index (χ0n) is 10.4. The van der Waals surface area contributed by atoms with E-state index in [1.54, 1.807) is 7.05 Å². The van der Waals surface area contributed by atoms with Gasteiger partial charge in [0, 0.05) is 26.1 Å². The van der Waals surface area contributed by atoms with Gasteiger partial charge in [-0.25, -0.2) is 8.78 Å². The van der Waals surface area contributed by atoms with Crippen molar-refractivity contribution in [2.45, 2.75) is 6.42 Å². The summed E-state index contributed by atoms with van der Waals surface area (Å²) in [7, 11) is 1.55. The van der Waals surface area contributed by atoms with Crippen LogP contribution >= 0.6 is 12.2 Å². The smallest absolute Gasteiger partial charge is 0.260 e. The van der Waals surface area contributed by atoms with Crippen molar-refractivity contribution < 1.29 is 18.3 Å². The molecule has 1 aromatic carbocycles. The van der Waals surface area contributed by atoms with E-state index in [0.29, 0.717) is 18.0 Å². The van der Waals surface area contributed by atoms with Gasteiger partial charge in [-0.2, -0.15) is 0 Å². The number of hydrogen-bond acceptors (Lipinski definition) is 3. The molecule has 0 spiro atoms. The van der Waals surface area contributed by atoms with Crippen molar-refractivity contribution in [2.75, 3.05) is 20.2 Å². The molecule has 0 heterocycles. The number of carbonyl (C=O) groups excluding carboxylic acids is 1. The van der Waals surface area contributed by atoms with Gasteiger partial charge < -0.3 is 15.4 Å². The number of halogens is 2. The molecule has 0 saturated heterocycles. The number of carbonyl (C=O) groups is 1. The van der Waals surface area contributed by atoms with Crippen molar-refractivity contribution in [1.29, 1.82) is 0 Å². The van der Waals surface area contributed by atoms with Crippen molar-refractivity contribution in [1.82, 2.24) is 4.90 Å². The Labute approximate surface area is 115 Å². The highest BCUT2D eigenvalue weighted by Gasteiger charge is 2.12. The first-order chi connectivity index (χ1) is 8.90. The van der Waals surface area contributed by atoms with Gasteiger partial charge in [0.25, 0.3) is 5.91 Å². The molecule has 1 aromatic rings. The van der Waals surface area contributed by atoms with Gasteiger partial charge in [-0.3, -0.25) is 4.79 Å². The number of hydrogen-bond donors (Lipinski definition) is 1. The average Bonchev–Trinajstić information content (AvgIpc) is 2.36. The van der Waals surface area contributed by atoms with Crippen LogP contribution < -0.4 is 10.5 Å². The molecule has 7 heteroatoms. The average molecular weight is 288 g/mol. The number of benzene rings is 1. The van der Waals surface area contributed by atoms with Crippen LogP contribution in [-0.4, -0.2) is 36.0 Å². The SMILES string of the molecule is CN(CCC(N)=S)C(=O)COc1cc(F)ccc1F. The monoisotopic (exact) mass is 288 g/mol. The van der Waals surface area contributed by atoms with Crippen molar-refractivity contribution in [3.05, 3.63) is 29.8 Å². The summed E-state index contributed by atoms with van der Waals surface area (Å²) in [6, 6.07) is 2.79. The van der Waals surface area contributed by atoms with Crippen LogP contribution in [0.4, 0.5) is 8.78 Å². The molecule has 0 fully saturated rings. The molecular weight excluding hydrogens is 274 g/mol. The molecule has 0 aromatic heterocycles. The fourth-order valence-electron chi connectivity index (χ4n) is 1.24. The van der Waals surface area contributed by atoms with Gasteiger partial charge in [-0.05, 0) is 12.1 Å². The second kappa shape index (κ2) is 6.98. The first-order valence-corrected chi connectivity index (χ1v) is 5.91. The molecule has 4 nitrogen and oxygen atoms in total. The van der Waals surface area contributed by atoms with Crippen LogP contribution in [0.1, 0.15) is 6.42 Å². The molecule has 0 unspecified atom stereocenters. The summed E-state index contributed by atoms with van der Waals surface area (Å²) in [6.07, 6.45) is 0.395. The molecule has 0 atom stereocenters. The topological polar surface area (TPSA) is 55.6 Å². The maximum atomic E-state index is 13.2. The molecule has 0 radical (unpaired) electrons. The van der Waals surface area contributed by atoms with E-state index >= 15 is 0 Å². The summed E-state index contributed by atoms with van der Waals surface area (Å²) in [5.41, 5.74) is 5.31. The summed E-state index contributed by atoms with van der Waals surface area (Å²) in [5, 5.41) is 0. The zero-order valence-corrected chi connectivity index (χ0v) is 11.2. The van der Waals surface area contributed by atoms with Gasteiger partial charge in [-0.1, -0.05) is 12.2 Å². The van der Waals surface area contributed by atoms with Gasteiger partial charge >= 0.3 is 0 Å². The Morgan fingerprint density at radius 2 is 2.16 bits per heavy atom. The van der Waals surface area contributed by atoms with Crippen LogP contribution in [0.3, 0.4) is 0 Å². The third kappa shape index (κ3) is 5.17. The van der Waals surface area contributed by atoms with E-state index in [2.05, 4.69) is 0 Å². The Balaban J connectivity index is 2.49. The lowest BCUT2D eigenvalue weighted by atomic mass is 10.3. The highest BCUT2D eigenvalue weighted by atomic mass is 32.1. The fraction of sp³-hybridized carbons (Fsp3) is 0.333. The molecule has 0 saturated carbocycles. The van der Waals surface area contributed by atoms with Crippen LogP contribution in [0.2, 0.25) is 0 Å². The standard InChI is InChI=1S/C12H14F2N2O2S/c1-16(5-4-11(15)19)12(17)7-18-10-6-8(13)2-3-9(10)14/h2-3,6H,4-5,7H2,1H3,(H2,15,19). The van der Waals surface area contributed by atoms with Gasteiger partial charge in [0.2, 0.25) is 0 Å². The van der Waals surface area contributed by atoms with E-state index in [-0.39, 0.29) is 18.3 Å². The van der Waals surface area contributed by atoms with Crippen molar-refractivity contribution in [2.24, 2.45) is 5.73 Å². The normalized spacial score (nSPS) is 10.1. The highest BCUT2D eigenvalue weighted by molar-refractivity contribution is 7.80. The lowest BCUT2D eigenvalue weighted by Crippen LogP contribution is -2.33. The molecule has 0 bridgehead atoms. The second-order valence-corrected chi connectivity index (χ2v) is 4.42. The van der Waals surface area contributed by atoms with Crippen LogP contribution in [0.5, 0.6) is 5.75 Å². The summed E-state index contributed by atoms with van der Waals surface area (Å²) >= 11 is 4.69. The summed E-state index contributed by atoms with van der Waals surface area (Å²) in [4.78, 5) is 13.3. The maximum Gasteiger partial charge on any atom is 0.260 e. The second-order valence-electron chi connectivity index (χ2n) is 3.90. The minimum Gasteiger partial charge on any atom is -0.481 e. The minimum absolute atomic E-state index is 0.295. The lowest BCUT2D eigenvalue weighted by molar-refractivity contribution is -0.132. The molecule has 104 valence electrons. The van der Waals surface area contributed by atoms with E-state index < -0.39 is 11.6 Å². The third-order valence-corrected chi connectivity index (χ3v) is 2.57. The molecule has 1 amide bonds. The molecule has 0 aliphatic heterocycles. The van der Waals surface area contributed by atoms with Gasteiger partial charge in [0.1, 0.15) is 5.82 Å². The van der Waals surface area contributed by atoms with Gasteiger partial charge in [0.05, 0.1) is 4.99 Å². The lowest BCUT2D eigenvalue weighted by Gasteiger charge is -2.17. The van der Waals surface area contributed by atoms with Crippen LogP contribution in [0.25, 0.3) is 0 Å².